The molecule has 3 aromatic rings. The third kappa shape index (κ3) is 4.73. The summed E-state index contributed by atoms with van der Waals surface area (Å²) in [5, 5.41) is 3.37. The Bertz CT molecular complexity index is 848. The molecular formula is C22H20FNOS. The molecule has 0 aliphatic carbocycles. The third-order valence-electron chi connectivity index (χ3n) is 4.19. The molecular weight excluding hydrogens is 345 g/mol. The molecule has 0 heterocycles. The van der Waals surface area contributed by atoms with Crippen LogP contribution in [-0.4, -0.2) is 12.0 Å². The lowest BCUT2D eigenvalue weighted by Crippen LogP contribution is -2.16. The van der Waals surface area contributed by atoms with E-state index in [1.807, 2.05) is 60.9 Å². The van der Waals surface area contributed by atoms with Crippen LogP contribution >= 0.6 is 11.8 Å². The topological polar surface area (TPSA) is 29.1 Å². The number of anilines is 1. The van der Waals surface area contributed by atoms with Crippen LogP contribution in [0.2, 0.25) is 0 Å². The van der Waals surface area contributed by atoms with Gasteiger partial charge in [0, 0.05) is 22.6 Å². The van der Waals surface area contributed by atoms with Crippen molar-refractivity contribution in [3.8, 4) is 0 Å². The monoisotopic (exact) mass is 365 g/mol. The first-order chi connectivity index (χ1) is 12.7. The maximum Gasteiger partial charge on any atom is 0.165 e. The molecule has 132 valence electrons. The average Bonchev–Trinajstić information content (AvgIpc) is 2.70. The second-order valence-electron chi connectivity index (χ2n) is 5.97. The van der Waals surface area contributed by atoms with Gasteiger partial charge in [0.1, 0.15) is 5.82 Å². The zero-order valence-corrected chi connectivity index (χ0v) is 15.3. The fourth-order valence-electron chi connectivity index (χ4n) is 2.76. The molecule has 3 aromatic carbocycles. The van der Waals surface area contributed by atoms with Crippen LogP contribution in [0.15, 0.2) is 83.8 Å². The smallest absolute Gasteiger partial charge is 0.165 e. The number of carbonyl (C=O) groups excluding carboxylic acids is 1. The summed E-state index contributed by atoms with van der Waals surface area (Å²) in [5.74, 6) is -0.212. The minimum absolute atomic E-state index is 0.0687. The first-order valence-electron chi connectivity index (χ1n) is 8.40. The fraction of sp³-hybridized carbons (Fsp3) is 0.136. The maximum atomic E-state index is 13.2. The van der Waals surface area contributed by atoms with Gasteiger partial charge in [-0.25, -0.2) is 4.39 Å². The maximum absolute atomic E-state index is 13.2. The second-order valence-corrected chi connectivity index (χ2v) is 6.85. The molecule has 4 heteroatoms. The third-order valence-corrected chi connectivity index (χ3v) is 4.93. The number of halogens is 1. The van der Waals surface area contributed by atoms with Crippen molar-refractivity contribution in [3.05, 3.63) is 95.8 Å². The van der Waals surface area contributed by atoms with Gasteiger partial charge in [-0.05, 0) is 48.2 Å². The summed E-state index contributed by atoms with van der Waals surface area (Å²) in [4.78, 5) is 13.9. The molecule has 0 aliphatic rings. The van der Waals surface area contributed by atoms with Gasteiger partial charge in [-0.2, -0.15) is 0 Å². The molecule has 2 nitrogen and oxygen atoms in total. The van der Waals surface area contributed by atoms with Gasteiger partial charge in [-0.15, -0.1) is 11.8 Å². The molecule has 0 unspecified atom stereocenters. The Morgan fingerprint density at radius 3 is 2.23 bits per heavy atom. The van der Waals surface area contributed by atoms with E-state index >= 15 is 0 Å². The molecule has 0 bridgehead atoms. The predicted octanol–water partition coefficient (Wildman–Crippen LogP) is 5.97. The van der Waals surface area contributed by atoms with Gasteiger partial charge in [0.15, 0.2) is 5.78 Å². The standard InChI is InChI=1S/C22H20FNOS/c1-26-20-13-7-16(8-14-20)21(24-19-11-9-18(23)10-12-19)15-22(25)17-5-3-2-4-6-17/h2-14,21,24H,15H2,1H3/t21-/m0/s1. The predicted molar refractivity (Wildman–Crippen MR) is 106 cm³/mol. The Morgan fingerprint density at radius 2 is 1.62 bits per heavy atom. The normalized spacial score (nSPS) is 11.8. The summed E-state index contributed by atoms with van der Waals surface area (Å²) in [6.45, 7) is 0. The van der Waals surface area contributed by atoms with E-state index < -0.39 is 0 Å². The molecule has 0 aliphatic heterocycles. The Morgan fingerprint density at radius 1 is 0.962 bits per heavy atom. The van der Waals surface area contributed by atoms with Gasteiger partial charge in [-0.1, -0.05) is 42.5 Å². The van der Waals surface area contributed by atoms with E-state index in [1.165, 1.54) is 17.0 Å². The van der Waals surface area contributed by atoms with Crippen LogP contribution < -0.4 is 5.32 Å². The molecule has 0 saturated carbocycles. The van der Waals surface area contributed by atoms with Crippen LogP contribution in [0.5, 0.6) is 0 Å². The number of rotatable bonds is 7. The first-order valence-corrected chi connectivity index (χ1v) is 9.62. The molecule has 0 amide bonds. The lowest BCUT2D eigenvalue weighted by molar-refractivity contribution is 0.0976. The number of benzene rings is 3. The number of nitrogens with one attached hydrogen (secondary N) is 1. The number of ketones is 1. The summed E-state index contributed by atoms with van der Waals surface area (Å²) in [7, 11) is 0. The van der Waals surface area contributed by atoms with Crippen LogP contribution in [0.3, 0.4) is 0 Å². The summed E-state index contributed by atoms with van der Waals surface area (Å²) in [6.07, 6.45) is 2.35. The molecule has 0 aromatic heterocycles. The minimum atomic E-state index is -0.281. The van der Waals surface area contributed by atoms with Crippen LogP contribution in [0.1, 0.15) is 28.4 Å². The molecule has 3 rings (SSSR count). The first kappa shape index (κ1) is 18.2. The lowest BCUT2D eigenvalue weighted by Gasteiger charge is -2.20. The Kier molecular flexibility index (Phi) is 6.08. The molecule has 1 atom stereocenters. The van der Waals surface area contributed by atoms with Crippen LogP contribution in [0, 0.1) is 5.82 Å². The van der Waals surface area contributed by atoms with E-state index in [4.69, 9.17) is 0 Å². The SMILES string of the molecule is CSc1ccc([C@H](CC(=O)c2ccccc2)Nc2ccc(F)cc2)cc1. The van der Waals surface area contributed by atoms with Gasteiger partial charge in [-0.3, -0.25) is 4.79 Å². The summed E-state index contributed by atoms with van der Waals surface area (Å²) >= 11 is 1.68. The van der Waals surface area contributed by atoms with E-state index in [2.05, 4.69) is 5.32 Å². The van der Waals surface area contributed by atoms with Gasteiger partial charge in [0.05, 0.1) is 6.04 Å². The molecule has 0 spiro atoms. The molecule has 0 radical (unpaired) electrons. The van der Waals surface area contributed by atoms with Crippen molar-refractivity contribution >= 4 is 23.2 Å². The zero-order valence-electron chi connectivity index (χ0n) is 14.5. The Labute approximate surface area is 157 Å². The van der Waals surface area contributed by atoms with Gasteiger partial charge < -0.3 is 5.32 Å². The van der Waals surface area contributed by atoms with Gasteiger partial charge in [0.25, 0.3) is 0 Å². The highest BCUT2D eigenvalue weighted by Crippen LogP contribution is 2.26. The van der Waals surface area contributed by atoms with Crippen molar-refractivity contribution in [2.45, 2.75) is 17.4 Å². The molecule has 0 fully saturated rings. The summed E-state index contributed by atoms with van der Waals surface area (Å²) in [5.41, 5.74) is 2.50. The van der Waals surface area contributed by atoms with E-state index in [0.717, 1.165) is 11.3 Å². The molecule has 1 N–H and O–H groups in total. The fourth-order valence-corrected chi connectivity index (χ4v) is 3.17. The number of carbonyl (C=O) groups is 1. The number of thioether (sulfide) groups is 1. The minimum Gasteiger partial charge on any atom is -0.378 e. The van der Waals surface area contributed by atoms with Gasteiger partial charge >= 0.3 is 0 Å². The average molecular weight is 365 g/mol. The molecule has 0 saturated heterocycles. The van der Waals surface area contributed by atoms with Crippen molar-refractivity contribution in [1.82, 2.24) is 0 Å². The van der Waals surface area contributed by atoms with Crippen LogP contribution in [0.4, 0.5) is 10.1 Å². The van der Waals surface area contributed by atoms with Crippen LogP contribution in [-0.2, 0) is 0 Å². The van der Waals surface area contributed by atoms with E-state index in [-0.39, 0.29) is 17.6 Å². The highest BCUT2D eigenvalue weighted by molar-refractivity contribution is 7.98. The highest BCUT2D eigenvalue weighted by Gasteiger charge is 2.17. The van der Waals surface area contributed by atoms with E-state index in [1.54, 1.807) is 23.9 Å². The second kappa shape index (κ2) is 8.68. The van der Waals surface area contributed by atoms with Crippen molar-refractivity contribution in [3.63, 3.8) is 0 Å². The van der Waals surface area contributed by atoms with Crippen molar-refractivity contribution in [2.75, 3.05) is 11.6 Å². The van der Waals surface area contributed by atoms with Crippen LogP contribution in [0.25, 0.3) is 0 Å². The van der Waals surface area contributed by atoms with Crippen molar-refractivity contribution in [1.29, 1.82) is 0 Å². The number of hydrogen-bond donors (Lipinski definition) is 1. The van der Waals surface area contributed by atoms with Crippen molar-refractivity contribution < 1.29 is 9.18 Å². The molecule has 26 heavy (non-hydrogen) atoms. The quantitative estimate of drug-likeness (QED) is 0.413. The lowest BCUT2D eigenvalue weighted by atomic mass is 9.97. The summed E-state index contributed by atoms with van der Waals surface area (Å²) < 4.78 is 13.2. The van der Waals surface area contributed by atoms with Crippen molar-refractivity contribution in [2.24, 2.45) is 0 Å². The largest absolute Gasteiger partial charge is 0.378 e. The van der Waals surface area contributed by atoms with E-state index in [0.29, 0.717) is 12.0 Å². The highest BCUT2D eigenvalue weighted by atomic mass is 32.2. The number of hydrogen-bond acceptors (Lipinski definition) is 3. The zero-order chi connectivity index (χ0) is 18.4. The Balaban J connectivity index is 1.84. The van der Waals surface area contributed by atoms with E-state index in [9.17, 15) is 9.18 Å². The Hall–Kier alpha value is -2.59. The number of Topliss-reactive ketones (excluding diaryl/α,β-unsaturated/α-hetero) is 1. The summed E-state index contributed by atoms with van der Waals surface area (Å²) in [6, 6.07) is 23.4. The van der Waals surface area contributed by atoms with Gasteiger partial charge in [0.2, 0.25) is 0 Å².